The number of methoxy groups -OCH3 is 1. The SMILES string of the molecule is COc1cc2c(cc1CNC(=O)C1CC(=O)N(c3ccc(F)cc3)C1)CCC2. The first kappa shape index (κ1) is 18.5. The number of nitrogens with zero attached hydrogens (tertiary/aromatic N) is 1. The van der Waals surface area contributed by atoms with Crippen LogP contribution < -0.4 is 15.0 Å². The molecule has 1 atom stereocenters. The Hall–Kier alpha value is -2.89. The second-order valence-electron chi connectivity index (χ2n) is 7.39. The number of ether oxygens (including phenoxy) is 1. The van der Waals surface area contributed by atoms with Crippen molar-refractivity contribution in [2.24, 2.45) is 5.92 Å². The molecule has 1 N–H and O–H groups in total. The van der Waals surface area contributed by atoms with Gasteiger partial charge in [0.2, 0.25) is 11.8 Å². The van der Waals surface area contributed by atoms with E-state index in [1.54, 1.807) is 24.1 Å². The van der Waals surface area contributed by atoms with Crippen LogP contribution in [0.15, 0.2) is 36.4 Å². The monoisotopic (exact) mass is 382 g/mol. The molecule has 1 heterocycles. The number of fused-ring (bicyclic) bond motifs is 1. The first-order valence-corrected chi connectivity index (χ1v) is 9.57. The van der Waals surface area contributed by atoms with Crippen LogP contribution in [-0.4, -0.2) is 25.5 Å². The highest BCUT2D eigenvalue weighted by Crippen LogP contribution is 2.30. The Balaban J connectivity index is 1.41. The van der Waals surface area contributed by atoms with Crippen molar-refractivity contribution in [3.05, 3.63) is 58.9 Å². The highest BCUT2D eigenvalue weighted by atomic mass is 19.1. The van der Waals surface area contributed by atoms with Crippen molar-refractivity contribution in [1.29, 1.82) is 0 Å². The molecule has 6 heteroatoms. The standard InChI is InChI=1S/C22H23FN2O3/c1-28-20-10-15-4-2-3-14(15)9-16(20)12-24-22(27)17-11-21(26)25(13-17)19-7-5-18(23)6-8-19/h5-10,17H,2-4,11-13H2,1H3,(H,24,27). The third-order valence-corrected chi connectivity index (χ3v) is 5.58. The molecule has 146 valence electrons. The van der Waals surface area contributed by atoms with E-state index in [9.17, 15) is 14.0 Å². The van der Waals surface area contributed by atoms with E-state index in [0.29, 0.717) is 18.8 Å². The summed E-state index contributed by atoms with van der Waals surface area (Å²) >= 11 is 0. The summed E-state index contributed by atoms with van der Waals surface area (Å²) < 4.78 is 18.6. The number of benzene rings is 2. The van der Waals surface area contributed by atoms with Gasteiger partial charge < -0.3 is 15.0 Å². The zero-order valence-corrected chi connectivity index (χ0v) is 15.8. The Morgan fingerprint density at radius 3 is 2.64 bits per heavy atom. The average molecular weight is 382 g/mol. The Labute approximate surface area is 163 Å². The fourth-order valence-corrected chi connectivity index (χ4v) is 4.06. The Bertz CT molecular complexity index is 911. The summed E-state index contributed by atoms with van der Waals surface area (Å²) in [5, 5.41) is 2.95. The van der Waals surface area contributed by atoms with Crippen LogP contribution in [0.4, 0.5) is 10.1 Å². The number of amides is 2. The molecule has 0 aromatic heterocycles. The molecule has 1 unspecified atom stereocenters. The molecule has 1 fully saturated rings. The largest absolute Gasteiger partial charge is 0.496 e. The molecule has 2 aromatic rings. The predicted molar refractivity (Wildman–Crippen MR) is 104 cm³/mol. The van der Waals surface area contributed by atoms with Crippen LogP contribution in [0.3, 0.4) is 0 Å². The Morgan fingerprint density at radius 2 is 1.93 bits per heavy atom. The summed E-state index contributed by atoms with van der Waals surface area (Å²) in [4.78, 5) is 26.5. The number of hydrogen-bond donors (Lipinski definition) is 1. The van der Waals surface area contributed by atoms with Gasteiger partial charge in [0.15, 0.2) is 0 Å². The van der Waals surface area contributed by atoms with E-state index in [-0.39, 0.29) is 24.1 Å². The molecule has 0 spiro atoms. The van der Waals surface area contributed by atoms with E-state index in [0.717, 1.165) is 30.6 Å². The lowest BCUT2D eigenvalue weighted by Gasteiger charge is -2.17. The van der Waals surface area contributed by atoms with Crippen molar-refractivity contribution in [3.8, 4) is 5.75 Å². The van der Waals surface area contributed by atoms with Crippen LogP contribution in [-0.2, 0) is 29.0 Å². The molecule has 1 aliphatic carbocycles. The summed E-state index contributed by atoms with van der Waals surface area (Å²) in [6.07, 6.45) is 3.44. The summed E-state index contributed by atoms with van der Waals surface area (Å²) in [6, 6.07) is 9.93. The van der Waals surface area contributed by atoms with E-state index in [2.05, 4.69) is 17.4 Å². The van der Waals surface area contributed by atoms with Gasteiger partial charge in [0.1, 0.15) is 11.6 Å². The van der Waals surface area contributed by atoms with Gasteiger partial charge in [-0.2, -0.15) is 0 Å². The molecule has 0 bridgehead atoms. The normalized spacial score (nSPS) is 18.3. The minimum absolute atomic E-state index is 0.123. The van der Waals surface area contributed by atoms with Gasteiger partial charge in [-0.25, -0.2) is 4.39 Å². The zero-order chi connectivity index (χ0) is 19.7. The number of anilines is 1. The summed E-state index contributed by atoms with van der Waals surface area (Å²) in [5.74, 6) is -0.260. The smallest absolute Gasteiger partial charge is 0.227 e. The molecule has 28 heavy (non-hydrogen) atoms. The number of aryl methyl sites for hydroxylation is 2. The Morgan fingerprint density at radius 1 is 1.21 bits per heavy atom. The first-order valence-electron chi connectivity index (χ1n) is 9.57. The van der Waals surface area contributed by atoms with Gasteiger partial charge in [0, 0.05) is 30.8 Å². The van der Waals surface area contributed by atoms with Crippen molar-refractivity contribution in [1.82, 2.24) is 5.32 Å². The lowest BCUT2D eigenvalue weighted by atomic mass is 10.0. The van der Waals surface area contributed by atoms with Crippen molar-refractivity contribution < 1.29 is 18.7 Å². The molecule has 0 radical (unpaired) electrons. The molecule has 4 rings (SSSR count). The maximum absolute atomic E-state index is 13.1. The average Bonchev–Trinajstić information content (AvgIpc) is 3.31. The molecule has 2 amide bonds. The van der Waals surface area contributed by atoms with Gasteiger partial charge in [0.05, 0.1) is 13.0 Å². The van der Waals surface area contributed by atoms with Gasteiger partial charge in [-0.3, -0.25) is 9.59 Å². The van der Waals surface area contributed by atoms with Crippen LogP contribution in [0, 0.1) is 11.7 Å². The van der Waals surface area contributed by atoms with Crippen molar-refractivity contribution in [2.75, 3.05) is 18.6 Å². The second kappa shape index (κ2) is 7.62. The van der Waals surface area contributed by atoms with E-state index < -0.39 is 5.92 Å². The fourth-order valence-electron chi connectivity index (χ4n) is 4.06. The molecular formula is C22H23FN2O3. The van der Waals surface area contributed by atoms with E-state index in [4.69, 9.17) is 4.74 Å². The number of carbonyl (C=O) groups is 2. The first-order chi connectivity index (χ1) is 13.5. The molecule has 2 aromatic carbocycles. The Kier molecular flexibility index (Phi) is 5.03. The fraction of sp³-hybridized carbons (Fsp3) is 0.364. The lowest BCUT2D eigenvalue weighted by Crippen LogP contribution is -2.32. The highest BCUT2D eigenvalue weighted by Gasteiger charge is 2.35. The van der Waals surface area contributed by atoms with Crippen LogP contribution in [0.5, 0.6) is 5.75 Å². The van der Waals surface area contributed by atoms with Gasteiger partial charge in [0.25, 0.3) is 0 Å². The number of rotatable bonds is 5. The molecule has 5 nitrogen and oxygen atoms in total. The van der Waals surface area contributed by atoms with Gasteiger partial charge >= 0.3 is 0 Å². The van der Waals surface area contributed by atoms with Crippen molar-refractivity contribution in [3.63, 3.8) is 0 Å². The van der Waals surface area contributed by atoms with E-state index in [1.807, 2.05) is 0 Å². The molecule has 2 aliphatic rings. The maximum Gasteiger partial charge on any atom is 0.227 e. The number of nitrogens with one attached hydrogen (secondary N) is 1. The van der Waals surface area contributed by atoms with Crippen LogP contribution in [0.25, 0.3) is 0 Å². The summed E-state index contributed by atoms with van der Waals surface area (Å²) in [6.45, 7) is 0.675. The van der Waals surface area contributed by atoms with E-state index >= 15 is 0 Å². The molecule has 1 aliphatic heterocycles. The van der Waals surface area contributed by atoms with E-state index in [1.165, 1.54) is 23.3 Å². The van der Waals surface area contributed by atoms with Crippen LogP contribution >= 0.6 is 0 Å². The van der Waals surface area contributed by atoms with Gasteiger partial charge in [-0.05, 0) is 60.7 Å². The third-order valence-electron chi connectivity index (χ3n) is 5.58. The number of hydrogen-bond acceptors (Lipinski definition) is 3. The topological polar surface area (TPSA) is 58.6 Å². The van der Waals surface area contributed by atoms with Crippen molar-refractivity contribution in [2.45, 2.75) is 32.2 Å². The third kappa shape index (κ3) is 3.59. The lowest BCUT2D eigenvalue weighted by molar-refractivity contribution is -0.126. The van der Waals surface area contributed by atoms with Crippen molar-refractivity contribution >= 4 is 17.5 Å². The zero-order valence-electron chi connectivity index (χ0n) is 15.8. The minimum Gasteiger partial charge on any atom is -0.496 e. The molecule has 1 saturated heterocycles. The second-order valence-corrected chi connectivity index (χ2v) is 7.39. The number of carbonyl (C=O) groups excluding carboxylic acids is 2. The minimum atomic E-state index is -0.419. The summed E-state index contributed by atoms with van der Waals surface area (Å²) in [7, 11) is 1.64. The van der Waals surface area contributed by atoms with Crippen LogP contribution in [0.2, 0.25) is 0 Å². The molecular weight excluding hydrogens is 359 g/mol. The maximum atomic E-state index is 13.1. The van der Waals surface area contributed by atoms with Gasteiger partial charge in [-0.15, -0.1) is 0 Å². The quantitative estimate of drug-likeness (QED) is 0.865. The predicted octanol–water partition coefficient (Wildman–Crippen LogP) is 2.99. The highest BCUT2D eigenvalue weighted by molar-refractivity contribution is 6.00. The van der Waals surface area contributed by atoms with Gasteiger partial charge in [-0.1, -0.05) is 6.07 Å². The summed E-state index contributed by atoms with van der Waals surface area (Å²) in [5.41, 5.74) is 4.21. The number of halogens is 1. The van der Waals surface area contributed by atoms with Crippen LogP contribution in [0.1, 0.15) is 29.5 Å². The molecule has 0 saturated carbocycles.